The number of anilines is 1. The van der Waals surface area contributed by atoms with Crippen LogP contribution < -0.4 is 16.0 Å². The van der Waals surface area contributed by atoms with E-state index in [0.29, 0.717) is 37.5 Å². The molecule has 0 spiro atoms. The van der Waals surface area contributed by atoms with Crippen molar-refractivity contribution >= 4 is 23.5 Å². The zero-order valence-corrected chi connectivity index (χ0v) is 15.1. The van der Waals surface area contributed by atoms with Crippen molar-refractivity contribution in [2.75, 3.05) is 25.5 Å². The lowest BCUT2D eigenvalue weighted by Crippen LogP contribution is -2.34. The molecule has 1 unspecified atom stereocenters. The molecule has 7 nitrogen and oxygen atoms in total. The summed E-state index contributed by atoms with van der Waals surface area (Å²) in [5, 5.41) is 8.32. The third kappa shape index (κ3) is 4.74. The average molecular weight is 358 g/mol. The van der Waals surface area contributed by atoms with Gasteiger partial charge in [0.1, 0.15) is 0 Å². The van der Waals surface area contributed by atoms with Gasteiger partial charge in [-0.15, -0.1) is 0 Å². The fourth-order valence-electron chi connectivity index (χ4n) is 3.32. The Morgan fingerprint density at radius 3 is 2.73 bits per heavy atom. The number of benzene rings is 1. The second kappa shape index (κ2) is 8.21. The van der Waals surface area contributed by atoms with Crippen LogP contribution in [0.2, 0.25) is 0 Å². The number of amides is 4. The van der Waals surface area contributed by atoms with Crippen molar-refractivity contribution in [1.29, 1.82) is 0 Å². The number of rotatable bonds is 7. The van der Waals surface area contributed by atoms with E-state index in [2.05, 4.69) is 16.0 Å². The highest BCUT2D eigenvalue weighted by Gasteiger charge is 2.39. The van der Waals surface area contributed by atoms with Crippen LogP contribution in [-0.4, -0.2) is 48.9 Å². The number of aryl methyl sites for hydroxylation is 1. The summed E-state index contributed by atoms with van der Waals surface area (Å²) in [6.45, 7) is 1.23. The Balaban J connectivity index is 1.47. The van der Waals surface area contributed by atoms with Crippen molar-refractivity contribution in [2.45, 2.75) is 38.1 Å². The molecule has 0 radical (unpaired) electrons. The second-order valence-corrected chi connectivity index (χ2v) is 7.01. The quantitative estimate of drug-likeness (QED) is 0.690. The number of urea groups is 1. The maximum atomic E-state index is 12.2. The van der Waals surface area contributed by atoms with Crippen molar-refractivity contribution in [3.05, 3.63) is 29.8 Å². The van der Waals surface area contributed by atoms with Crippen LogP contribution >= 0.6 is 0 Å². The zero-order valence-electron chi connectivity index (χ0n) is 15.1. The van der Waals surface area contributed by atoms with E-state index in [1.165, 1.54) is 0 Å². The first-order valence-corrected chi connectivity index (χ1v) is 9.19. The predicted molar refractivity (Wildman–Crippen MR) is 98.7 cm³/mol. The maximum Gasteiger partial charge on any atom is 0.319 e. The van der Waals surface area contributed by atoms with Crippen LogP contribution in [0, 0.1) is 5.92 Å². The summed E-state index contributed by atoms with van der Waals surface area (Å²) in [7, 11) is 1.61. The van der Waals surface area contributed by atoms with Crippen LogP contribution in [0.5, 0.6) is 0 Å². The van der Waals surface area contributed by atoms with Gasteiger partial charge in [-0.1, -0.05) is 18.2 Å². The van der Waals surface area contributed by atoms with Gasteiger partial charge in [0.25, 0.3) is 0 Å². The molecule has 0 aromatic heterocycles. The maximum absolute atomic E-state index is 12.2. The lowest BCUT2D eigenvalue weighted by molar-refractivity contribution is -0.128. The van der Waals surface area contributed by atoms with E-state index in [0.717, 1.165) is 24.9 Å². The van der Waals surface area contributed by atoms with Gasteiger partial charge in [-0.3, -0.25) is 9.59 Å². The fraction of sp³-hybridized carbons (Fsp3) is 0.526. The van der Waals surface area contributed by atoms with Gasteiger partial charge in [-0.05, 0) is 30.9 Å². The van der Waals surface area contributed by atoms with Gasteiger partial charge < -0.3 is 20.9 Å². The van der Waals surface area contributed by atoms with Crippen molar-refractivity contribution in [2.24, 2.45) is 5.92 Å². The molecule has 140 valence electrons. The molecule has 1 heterocycles. The lowest BCUT2D eigenvalue weighted by atomic mass is 10.1. The van der Waals surface area contributed by atoms with Crippen LogP contribution in [0.15, 0.2) is 24.3 Å². The lowest BCUT2D eigenvalue weighted by Gasteiger charge is -2.16. The van der Waals surface area contributed by atoms with E-state index in [-0.39, 0.29) is 23.8 Å². The van der Waals surface area contributed by atoms with Crippen LogP contribution in [0.3, 0.4) is 0 Å². The first-order chi connectivity index (χ1) is 12.6. The molecule has 3 rings (SSSR count). The number of nitrogens with one attached hydrogen (secondary N) is 3. The highest BCUT2D eigenvalue weighted by atomic mass is 16.2. The van der Waals surface area contributed by atoms with Gasteiger partial charge in [0.2, 0.25) is 11.8 Å². The molecule has 1 aromatic carbocycles. The molecule has 1 atom stereocenters. The Hall–Kier alpha value is -2.57. The molecule has 1 aliphatic heterocycles. The molecule has 1 saturated carbocycles. The summed E-state index contributed by atoms with van der Waals surface area (Å²) in [5.41, 5.74) is 1.62. The molecule has 26 heavy (non-hydrogen) atoms. The highest BCUT2D eigenvalue weighted by molar-refractivity contribution is 5.90. The minimum absolute atomic E-state index is 0.0321. The van der Waals surface area contributed by atoms with Crippen molar-refractivity contribution in [3.63, 3.8) is 0 Å². The first-order valence-electron chi connectivity index (χ1n) is 9.19. The number of nitrogens with zero attached hydrogens (tertiary/aromatic N) is 1. The summed E-state index contributed by atoms with van der Waals surface area (Å²) in [6, 6.07) is 7.62. The number of likely N-dealkylation sites (tertiary alicyclic amines) is 1. The van der Waals surface area contributed by atoms with E-state index < -0.39 is 0 Å². The molecule has 3 N–H and O–H groups in total. The SMILES string of the molecule is CNC(=O)CCc1ccccc1NC(=O)NCC1CC(=O)N(C2CC2)C1. The smallest absolute Gasteiger partial charge is 0.319 e. The largest absolute Gasteiger partial charge is 0.359 e. The zero-order chi connectivity index (χ0) is 18.5. The topological polar surface area (TPSA) is 90.5 Å². The predicted octanol–water partition coefficient (Wildman–Crippen LogP) is 1.50. The summed E-state index contributed by atoms with van der Waals surface area (Å²) in [6.07, 6.45) is 3.67. The average Bonchev–Trinajstić information content (AvgIpc) is 3.41. The summed E-state index contributed by atoms with van der Waals surface area (Å²) in [5.74, 6) is 0.354. The van der Waals surface area contributed by atoms with E-state index >= 15 is 0 Å². The standard InChI is InChI=1S/C19H26N4O3/c1-20-17(24)9-6-14-4-2-3-5-16(14)22-19(26)21-11-13-10-18(25)23(12-13)15-7-8-15/h2-5,13,15H,6-12H2,1H3,(H,20,24)(H2,21,22,26). The van der Waals surface area contributed by atoms with Crippen molar-refractivity contribution in [3.8, 4) is 0 Å². The Labute approximate surface area is 153 Å². The van der Waals surface area contributed by atoms with Crippen LogP contribution in [-0.2, 0) is 16.0 Å². The monoisotopic (exact) mass is 358 g/mol. The molecule has 7 heteroatoms. The Morgan fingerprint density at radius 2 is 2.00 bits per heavy atom. The van der Waals surface area contributed by atoms with E-state index in [4.69, 9.17) is 0 Å². The summed E-state index contributed by atoms with van der Waals surface area (Å²) >= 11 is 0. The Bertz CT molecular complexity index is 687. The summed E-state index contributed by atoms with van der Waals surface area (Å²) < 4.78 is 0. The fourth-order valence-corrected chi connectivity index (χ4v) is 3.32. The van der Waals surface area contributed by atoms with Gasteiger partial charge in [-0.25, -0.2) is 4.79 Å². The van der Waals surface area contributed by atoms with E-state index in [1.807, 2.05) is 29.2 Å². The van der Waals surface area contributed by atoms with Gasteiger partial charge in [0, 0.05) is 50.6 Å². The molecule has 1 saturated heterocycles. The molecule has 4 amide bonds. The van der Waals surface area contributed by atoms with Gasteiger partial charge in [0.05, 0.1) is 0 Å². The number of carbonyl (C=O) groups is 3. The van der Waals surface area contributed by atoms with Crippen molar-refractivity contribution in [1.82, 2.24) is 15.5 Å². The Morgan fingerprint density at radius 1 is 1.23 bits per heavy atom. The van der Waals surface area contributed by atoms with Gasteiger partial charge >= 0.3 is 6.03 Å². The van der Waals surface area contributed by atoms with Gasteiger partial charge in [0.15, 0.2) is 0 Å². The first kappa shape index (κ1) is 18.2. The Kier molecular flexibility index (Phi) is 5.75. The minimum atomic E-state index is -0.283. The van der Waals surface area contributed by atoms with Gasteiger partial charge in [-0.2, -0.15) is 0 Å². The van der Waals surface area contributed by atoms with E-state index in [1.54, 1.807) is 7.05 Å². The van der Waals surface area contributed by atoms with Crippen LogP contribution in [0.4, 0.5) is 10.5 Å². The van der Waals surface area contributed by atoms with Crippen LogP contribution in [0.1, 0.15) is 31.2 Å². The molecule has 2 fully saturated rings. The molecule has 2 aliphatic rings. The number of carbonyl (C=O) groups excluding carboxylic acids is 3. The molecule has 1 aromatic rings. The minimum Gasteiger partial charge on any atom is -0.359 e. The molecular weight excluding hydrogens is 332 g/mol. The van der Waals surface area contributed by atoms with E-state index in [9.17, 15) is 14.4 Å². The third-order valence-corrected chi connectivity index (χ3v) is 4.94. The molecule has 0 bridgehead atoms. The third-order valence-electron chi connectivity index (χ3n) is 4.94. The number of hydrogen-bond donors (Lipinski definition) is 3. The molecular formula is C19H26N4O3. The number of para-hydroxylation sites is 1. The molecule has 1 aliphatic carbocycles. The number of hydrogen-bond acceptors (Lipinski definition) is 3. The van der Waals surface area contributed by atoms with Crippen LogP contribution in [0.25, 0.3) is 0 Å². The second-order valence-electron chi connectivity index (χ2n) is 7.01. The normalized spacial score (nSPS) is 19.3. The van der Waals surface area contributed by atoms with Crippen molar-refractivity contribution < 1.29 is 14.4 Å². The summed E-state index contributed by atoms with van der Waals surface area (Å²) in [4.78, 5) is 37.6. The highest BCUT2D eigenvalue weighted by Crippen LogP contribution is 2.32.